The van der Waals surface area contributed by atoms with Crippen molar-refractivity contribution in [2.45, 2.75) is 26.9 Å². The van der Waals surface area contributed by atoms with Gasteiger partial charge in [0, 0.05) is 0 Å². The van der Waals surface area contributed by atoms with Crippen LogP contribution in [0.1, 0.15) is 22.3 Å². The lowest BCUT2D eigenvalue weighted by molar-refractivity contribution is -0.137. The van der Waals surface area contributed by atoms with Crippen molar-refractivity contribution >= 4 is 97.0 Å². The zero-order chi connectivity index (χ0) is 38.5. The molecule has 0 aliphatic carbocycles. The number of halogens is 3. The Balaban J connectivity index is 1.42. The standard InChI is InChI=1S/C54H33F3/c1-28-18-19-29(2)40(22-28)50-45-26-42-38-16-8-14-36-34-12-6-4-10-31(34)23-44(48(36)38)43(42)27-46(45)51(41-25-33(54(55,56)57)21-20-30(41)3)53-47-24-32-11-5-7-13-35(32)37-15-9-17-39(49(37)47)52(50)53/h4-27H,1-3H3. The Bertz CT molecular complexity index is 3700. The molecule has 0 nitrogen and oxygen atoms in total. The number of alkyl halides is 3. The van der Waals surface area contributed by atoms with Crippen LogP contribution in [0.2, 0.25) is 0 Å². The Labute approximate surface area is 326 Å². The van der Waals surface area contributed by atoms with Crippen LogP contribution in [0, 0.1) is 20.8 Å². The topological polar surface area (TPSA) is 0 Å². The van der Waals surface area contributed by atoms with Gasteiger partial charge in [0.15, 0.2) is 0 Å². The van der Waals surface area contributed by atoms with Gasteiger partial charge >= 0.3 is 6.18 Å². The minimum atomic E-state index is -4.50. The molecule has 0 radical (unpaired) electrons. The molecule has 0 spiro atoms. The molecule has 0 unspecified atom stereocenters. The van der Waals surface area contributed by atoms with E-state index < -0.39 is 11.7 Å². The Morgan fingerprint density at radius 2 is 0.807 bits per heavy atom. The largest absolute Gasteiger partial charge is 0.416 e. The van der Waals surface area contributed by atoms with E-state index in [4.69, 9.17) is 0 Å². The second-order valence-corrected chi connectivity index (χ2v) is 16.0. The lowest BCUT2D eigenvalue weighted by Crippen LogP contribution is -2.05. The molecule has 0 aliphatic rings. The normalized spacial score (nSPS) is 12.7. The van der Waals surface area contributed by atoms with Gasteiger partial charge in [-0.2, -0.15) is 13.2 Å². The van der Waals surface area contributed by atoms with Crippen molar-refractivity contribution in [1.82, 2.24) is 0 Å². The number of hydrogen-bond donors (Lipinski definition) is 0. The van der Waals surface area contributed by atoms with Crippen LogP contribution in [0.25, 0.3) is 119 Å². The maximum atomic E-state index is 14.7. The van der Waals surface area contributed by atoms with Gasteiger partial charge in [-0.3, -0.25) is 0 Å². The summed E-state index contributed by atoms with van der Waals surface area (Å²) in [6, 6.07) is 50.3. The summed E-state index contributed by atoms with van der Waals surface area (Å²) in [5.74, 6) is 0. The van der Waals surface area contributed by atoms with Crippen molar-refractivity contribution in [2.75, 3.05) is 0 Å². The monoisotopic (exact) mass is 738 g/mol. The van der Waals surface area contributed by atoms with Crippen LogP contribution >= 0.6 is 0 Å². The smallest absolute Gasteiger partial charge is 0.166 e. The van der Waals surface area contributed by atoms with Crippen LogP contribution in [-0.2, 0) is 6.18 Å². The van der Waals surface area contributed by atoms with Gasteiger partial charge in [0.05, 0.1) is 5.56 Å². The fraction of sp³-hybridized carbons (Fsp3) is 0.0741. The number of fused-ring (bicyclic) bond motifs is 11. The van der Waals surface area contributed by atoms with E-state index in [2.05, 4.69) is 141 Å². The first-order chi connectivity index (χ1) is 27.7. The molecule has 0 fully saturated rings. The average molecular weight is 739 g/mol. The maximum absolute atomic E-state index is 14.7. The highest BCUT2D eigenvalue weighted by Gasteiger charge is 2.32. The van der Waals surface area contributed by atoms with Crippen molar-refractivity contribution in [1.29, 1.82) is 0 Å². The molecule has 0 heterocycles. The van der Waals surface area contributed by atoms with E-state index in [1.807, 2.05) is 6.92 Å². The average Bonchev–Trinajstić information content (AvgIpc) is 3.70. The SMILES string of the molecule is Cc1ccc(C)c(-c2c3cc4c(cc3c(-c3cc(C(F)(F)F)ccc3C)c3c5cc6ccccc6c6cccc(c23)c65)c2cc3ccccc3c3cccc4c32)c1. The summed E-state index contributed by atoms with van der Waals surface area (Å²) in [5, 5.41) is 20.2. The zero-order valence-corrected chi connectivity index (χ0v) is 31.5. The summed E-state index contributed by atoms with van der Waals surface area (Å²) >= 11 is 0. The summed E-state index contributed by atoms with van der Waals surface area (Å²) in [6.45, 7) is 6.25. The molecule has 0 aliphatic heterocycles. The Kier molecular flexibility index (Phi) is 6.39. The predicted molar refractivity (Wildman–Crippen MR) is 236 cm³/mol. The summed E-state index contributed by atoms with van der Waals surface area (Å²) < 4.78 is 44.2. The molecule has 12 rings (SSSR count). The van der Waals surface area contributed by atoms with Gasteiger partial charge in [-0.1, -0.05) is 115 Å². The van der Waals surface area contributed by atoms with Crippen LogP contribution in [0.15, 0.2) is 146 Å². The third kappa shape index (κ3) is 4.34. The van der Waals surface area contributed by atoms with Gasteiger partial charge in [-0.05, 0) is 188 Å². The number of aryl methyl sites for hydroxylation is 3. The van der Waals surface area contributed by atoms with Crippen molar-refractivity contribution in [3.05, 3.63) is 168 Å². The predicted octanol–water partition coefficient (Wildman–Crippen LogP) is 16.2. The summed E-state index contributed by atoms with van der Waals surface area (Å²) in [4.78, 5) is 0. The van der Waals surface area contributed by atoms with Crippen molar-refractivity contribution in [2.24, 2.45) is 0 Å². The first-order valence-corrected chi connectivity index (χ1v) is 19.5. The lowest BCUT2D eigenvalue weighted by atomic mass is 9.83. The first kappa shape index (κ1) is 32.5. The van der Waals surface area contributed by atoms with Gasteiger partial charge < -0.3 is 0 Å². The first-order valence-electron chi connectivity index (χ1n) is 19.5. The minimum Gasteiger partial charge on any atom is -0.166 e. The highest BCUT2D eigenvalue weighted by atomic mass is 19.4. The molecule has 0 saturated carbocycles. The maximum Gasteiger partial charge on any atom is 0.416 e. The summed E-state index contributed by atoms with van der Waals surface area (Å²) in [7, 11) is 0. The molecule has 0 saturated heterocycles. The Hall–Kier alpha value is -6.71. The van der Waals surface area contributed by atoms with Crippen LogP contribution in [0.3, 0.4) is 0 Å². The minimum absolute atomic E-state index is 0.604. The van der Waals surface area contributed by atoms with E-state index in [1.165, 1.54) is 33.7 Å². The van der Waals surface area contributed by atoms with Gasteiger partial charge in [0.1, 0.15) is 0 Å². The molecular weight excluding hydrogens is 706 g/mol. The van der Waals surface area contributed by atoms with E-state index in [1.54, 1.807) is 6.07 Å². The fourth-order valence-electron chi connectivity index (χ4n) is 10.3. The van der Waals surface area contributed by atoms with Crippen LogP contribution in [-0.4, -0.2) is 0 Å². The van der Waals surface area contributed by atoms with E-state index in [0.717, 1.165) is 109 Å². The molecule has 0 atom stereocenters. The molecule has 12 aromatic rings. The number of rotatable bonds is 2. The molecule has 0 amide bonds. The lowest BCUT2D eigenvalue weighted by Gasteiger charge is -2.20. The van der Waals surface area contributed by atoms with E-state index >= 15 is 0 Å². The van der Waals surface area contributed by atoms with Gasteiger partial charge in [-0.15, -0.1) is 0 Å². The molecule has 270 valence electrons. The Morgan fingerprint density at radius 1 is 0.333 bits per heavy atom. The van der Waals surface area contributed by atoms with E-state index in [-0.39, 0.29) is 0 Å². The van der Waals surface area contributed by atoms with Gasteiger partial charge in [-0.25, -0.2) is 0 Å². The van der Waals surface area contributed by atoms with Gasteiger partial charge in [0.25, 0.3) is 0 Å². The fourth-order valence-corrected chi connectivity index (χ4v) is 10.3. The van der Waals surface area contributed by atoms with Crippen molar-refractivity contribution in [3.63, 3.8) is 0 Å². The Morgan fingerprint density at radius 3 is 1.44 bits per heavy atom. The second kappa shape index (κ2) is 11.2. The molecule has 0 bridgehead atoms. The van der Waals surface area contributed by atoms with E-state index in [0.29, 0.717) is 5.56 Å². The number of hydrogen-bond acceptors (Lipinski definition) is 0. The molecule has 0 aromatic heterocycles. The number of benzene rings is 10. The third-order valence-corrected chi connectivity index (χ3v) is 12.8. The van der Waals surface area contributed by atoms with Crippen molar-refractivity contribution < 1.29 is 13.2 Å². The van der Waals surface area contributed by atoms with Crippen LogP contribution < -0.4 is 0 Å². The summed E-state index contributed by atoms with van der Waals surface area (Å²) in [6.07, 6.45) is -4.50. The zero-order valence-electron chi connectivity index (χ0n) is 31.5. The highest BCUT2D eigenvalue weighted by molar-refractivity contribution is 6.44. The summed E-state index contributed by atoms with van der Waals surface area (Å²) in [5.41, 5.74) is 6.17. The van der Waals surface area contributed by atoms with Gasteiger partial charge in [0.2, 0.25) is 0 Å². The highest BCUT2D eigenvalue weighted by Crippen LogP contribution is 2.55. The molecule has 12 aromatic carbocycles. The van der Waals surface area contributed by atoms with E-state index in [9.17, 15) is 13.2 Å². The molecule has 3 heteroatoms. The van der Waals surface area contributed by atoms with Crippen molar-refractivity contribution in [3.8, 4) is 22.3 Å². The quantitative estimate of drug-likeness (QED) is 0.155. The third-order valence-electron chi connectivity index (χ3n) is 12.8. The second-order valence-electron chi connectivity index (χ2n) is 16.0. The molecule has 57 heavy (non-hydrogen) atoms. The molecular formula is C54H33F3. The van der Waals surface area contributed by atoms with Crippen LogP contribution in [0.5, 0.6) is 0 Å². The molecule has 0 N–H and O–H groups in total. The van der Waals surface area contributed by atoms with Crippen LogP contribution in [0.4, 0.5) is 13.2 Å².